The first-order valence-electron chi connectivity index (χ1n) is 10.3. The van der Waals surface area contributed by atoms with Crippen molar-refractivity contribution in [2.45, 2.75) is 39.5 Å². The van der Waals surface area contributed by atoms with Gasteiger partial charge in [0.2, 0.25) is 0 Å². The highest BCUT2D eigenvalue weighted by atomic mass is 16.5. The minimum atomic E-state index is -0.0105. The van der Waals surface area contributed by atoms with Gasteiger partial charge in [0, 0.05) is 18.7 Å². The Morgan fingerprint density at radius 1 is 1.07 bits per heavy atom. The molecule has 0 spiro atoms. The number of amides is 1. The Balaban J connectivity index is 1.52. The molecule has 0 bridgehead atoms. The minimum absolute atomic E-state index is 0.0105. The van der Waals surface area contributed by atoms with Crippen LogP contribution >= 0.6 is 0 Å². The molecule has 1 aliphatic heterocycles. The van der Waals surface area contributed by atoms with Gasteiger partial charge in [-0.2, -0.15) is 0 Å². The molecule has 1 heterocycles. The van der Waals surface area contributed by atoms with E-state index in [0.29, 0.717) is 18.0 Å². The molecule has 1 fully saturated rings. The van der Waals surface area contributed by atoms with Crippen molar-refractivity contribution in [3.63, 3.8) is 0 Å². The van der Waals surface area contributed by atoms with Gasteiger partial charge in [-0.15, -0.1) is 0 Å². The molecular formula is C23H32N2O2. The van der Waals surface area contributed by atoms with Crippen molar-refractivity contribution in [3.8, 4) is 5.75 Å². The molecule has 1 N–H and O–H groups in total. The van der Waals surface area contributed by atoms with E-state index in [1.54, 1.807) is 0 Å². The summed E-state index contributed by atoms with van der Waals surface area (Å²) in [6.45, 7) is 9.23. The van der Waals surface area contributed by atoms with E-state index in [0.717, 1.165) is 36.1 Å². The Hall–Kier alpha value is -2.07. The van der Waals surface area contributed by atoms with Crippen LogP contribution in [-0.2, 0) is 0 Å². The minimum Gasteiger partial charge on any atom is -0.494 e. The van der Waals surface area contributed by atoms with Crippen LogP contribution in [0.25, 0.3) is 10.8 Å². The highest BCUT2D eigenvalue weighted by Gasteiger charge is 2.10. The summed E-state index contributed by atoms with van der Waals surface area (Å²) >= 11 is 0. The summed E-state index contributed by atoms with van der Waals surface area (Å²) in [5.41, 5.74) is 0.707. The first-order chi connectivity index (χ1) is 13.1. The third kappa shape index (κ3) is 5.96. The third-order valence-corrected chi connectivity index (χ3v) is 5.08. The lowest BCUT2D eigenvalue weighted by Gasteiger charge is -2.26. The van der Waals surface area contributed by atoms with Gasteiger partial charge in [0.25, 0.3) is 5.91 Å². The lowest BCUT2D eigenvalue weighted by Crippen LogP contribution is -2.31. The number of benzene rings is 2. The summed E-state index contributed by atoms with van der Waals surface area (Å²) in [7, 11) is 0. The van der Waals surface area contributed by atoms with E-state index in [1.165, 1.54) is 32.4 Å². The molecule has 1 saturated heterocycles. The second-order valence-corrected chi connectivity index (χ2v) is 7.93. The van der Waals surface area contributed by atoms with Crippen LogP contribution in [-0.4, -0.2) is 43.6 Å². The molecule has 4 heteroatoms. The maximum atomic E-state index is 12.2. The van der Waals surface area contributed by atoms with Crippen molar-refractivity contribution in [2.24, 2.45) is 5.92 Å². The van der Waals surface area contributed by atoms with Gasteiger partial charge in [-0.05, 0) is 73.3 Å². The third-order valence-electron chi connectivity index (χ3n) is 5.08. The van der Waals surface area contributed by atoms with Crippen molar-refractivity contribution in [1.29, 1.82) is 0 Å². The Morgan fingerprint density at radius 3 is 2.59 bits per heavy atom. The van der Waals surface area contributed by atoms with Crippen molar-refractivity contribution in [2.75, 3.05) is 32.8 Å². The zero-order valence-corrected chi connectivity index (χ0v) is 16.7. The van der Waals surface area contributed by atoms with Crippen LogP contribution in [0.2, 0.25) is 0 Å². The molecule has 0 saturated carbocycles. The summed E-state index contributed by atoms with van der Waals surface area (Å²) in [5, 5.41) is 5.13. The van der Waals surface area contributed by atoms with Crippen LogP contribution in [0, 0.1) is 5.92 Å². The van der Waals surface area contributed by atoms with Gasteiger partial charge in [-0.25, -0.2) is 0 Å². The molecule has 3 rings (SSSR count). The van der Waals surface area contributed by atoms with Crippen LogP contribution in [0.5, 0.6) is 5.75 Å². The van der Waals surface area contributed by atoms with E-state index in [1.807, 2.05) is 30.3 Å². The summed E-state index contributed by atoms with van der Waals surface area (Å²) in [6.07, 6.45) is 5.12. The Morgan fingerprint density at radius 2 is 1.81 bits per heavy atom. The first kappa shape index (κ1) is 19.7. The zero-order valence-electron chi connectivity index (χ0n) is 16.7. The van der Waals surface area contributed by atoms with Gasteiger partial charge in [-0.3, -0.25) is 4.79 Å². The van der Waals surface area contributed by atoms with Crippen molar-refractivity contribution in [3.05, 3.63) is 42.0 Å². The molecule has 0 atom stereocenters. The molecule has 0 aromatic heterocycles. The number of likely N-dealkylation sites (tertiary alicyclic amines) is 1. The summed E-state index contributed by atoms with van der Waals surface area (Å²) < 4.78 is 5.94. The molecule has 0 unspecified atom stereocenters. The number of nitrogens with one attached hydrogen (secondary N) is 1. The molecule has 27 heavy (non-hydrogen) atoms. The topological polar surface area (TPSA) is 41.6 Å². The maximum absolute atomic E-state index is 12.2. The zero-order chi connectivity index (χ0) is 19.1. The second kappa shape index (κ2) is 9.75. The van der Waals surface area contributed by atoms with Crippen LogP contribution in [0.4, 0.5) is 0 Å². The van der Waals surface area contributed by atoms with Gasteiger partial charge < -0.3 is 15.0 Å². The largest absolute Gasteiger partial charge is 0.494 e. The Labute approximate surface area is 162 Å². The molecule has 0 aliphatic carbocycles. The van der Waals surface area contributed by atoms with Gasteiger partial charge in [-0.1, -0.05) is 32.4 Å². The summed E-state index contributed by atoms with van der Waals surface area (Å²) in [5.74, 6) is 1.34. The average Bonchev–Trinajstić information content (AvgIpc) is 2.69. The van der Waals surface area contributed by atoms with Crippen molar-refractivity contribution < 1.29 is 9.53 Å². The fourth-order valence-corrected chi connectivity index (χ4v) is 3.51. The smallest absolute Gasteiger partial charge is 0.251 e. The van der Waals surface area contributed by atoms with Crippen LogP contribution in [0.15, 0.2) is 36.4 Å². The van der Waals surface area contributed by atoms with Crippen LogP contribution in [0.1, 0.15) is 49.9 Å². The first-order valence-corrected chi connectivity index (χ1v) is 10.3. The lowest BCUT2D eigenvalue weighted by molar-refractivity contribution is 0.0949. The van der Waals surface area contributed by atoms with E-state index < -0.39 is 0 Å². The number of nitrogens with zero attached hydrogens (tertiary/aromatic N) is 1. The highest BCUT2D eigenvalue weighted by Crippen LogP contribution is 2.22. The normalized spacial score (nSPS) is 15.2. The standard InChI is InChI=1S/C23H32N2O2/c1-18(2)17-24-23(26)21-8-7-20-16-22(10-9-19(20)15-21)27-14-6-13-25-11-4-3-5-12-25/h7-10,15-16,18H,3-6,11-14,17H2,1-2H3,(H,24,26). The fraction of sp³-hybridized carbons (Fsp3) is 0.522. The number of fused-ring (bicyclic) bond motifs is 1. The highest BCUT2D eigenvalue weighted by molar-refractivity contribution is 5.98. The molecule has 0 radical (unpaired) electrons. The molecule has 2 aromatic carbocycles. The van der Waals surface area contributed by atoms with Crippen LogP contribution < -0.4 is 10.1 Å². The molecule has 1 aliphatic rings. The second-order valence-electron chi connectivity index (χ2n) is 7.93. The summed E-state index contributed by atoms with van der Waals surface area (Å²) in [6, 6.07) is 11.9. The predicted octanol–water partition coefficient (Wildman–Crippen LogP) is 4.48. The predicted molar refractivity (Wildman–Crippen MR) is 112 cm³/mol. The number of ether oxygens (including phenoxy) is 1. The maximum Gasteiger partial charge on any atom is 0.251 e. The number of hydrogen-bond acceptors (Lipinski definition) is 3. The SMILES string of the molecule is CC(C)CNC(=O)c1ccc2cc(OCCCN3CCCCC3)ccc2c1. The molecule has 1 amide bonds. The Kier molecular flexibility index (Phi) is 7.11. The van der Waals surface area contributed by atoms with E-state index in [-0.39, 0.29) is 5.91 Å². The number of rotatable bonds is 8. The average molecular weight is 369 g/mol. The van der Waals surface area contributed by atoms with Crippen LogP contribution in [0.3, 0.4) is 0 Å². The number of hydrogen-bond donors (Lipinski definition) is 1. The van der Waals surface area contributed by atoms with E-state index in [9.17, 15) is 4.79 Å². The van der Waals surface area contributed by atoms with Crippen molar-refractivity contribution in [1.82, 2.24) is 10.2 Å². The van der Waals surface area contributed by atoms with Gasteiger partial charge in [0.05, 0.1) is 6.61 Å². The molecule has 4 nitrogen and oxygen atoms in total. The van der Waals surface area contributed by atoms with Gasteiger partial charge in [0.1, 0.15) is 5.75 Å². The number of piperidine rings is 1. The van der Waals surface area contributed by atoms with E-state index in [2.05, 4.69) is 30.1 Å². The quantitative estimate of drug-likeness (QED) is 0.699. The lowest BCUT2D eigenvalue weighted by atomic mass is 10.1. The fourth-order valence-electron chi connectivity index (χ4n) is 3.51. The van der Waals surface area contributed by atoms with E-state index >= 15 is 0 Å². The molecule has 2 aromatic rings. The Bertz CT molecular complexity index is 751. The van der Waals surface area contributed by atoms with Gasteiger partial charge in [0.15, 0.2) is 0 Å². The van der Waals surface area contributed by atoms with Gasteiger partial charge >= 0.3 is 0 Å². The monoisotopic (exact) mass is 368 g/mol. The number of carbonyl (C=O) groups is 1. The van der Waals surface area contributed by atoms with Crippen molar-refractivity contribution >= 4 is 16.7 Å². The van der Waals surface area contributed by atoms with E-state index in [4.69, 9.17) is 4.74 Å². The molecular weight excluding hydrogens is 336 g/mol. The summed E-state index contributed by atoms with van der Waals surface area (Å²) in [4.78, 5) is 14.8. The number of carbonyl (C=O) groups excluding carboxylic acids is 1. The molecule has 146 valence electrons.